The summed E-state index contributed by atoms with van der Waals surface area (Å²) in [7, 11) is 0. The van der Waals surface area contributed by atoms with Gasteiger partial charge in [0.25, 0.3) is 0 Å². The first-order chi connectivity index (χ1) is 12.5. The molecule has 3 aromatic rings. The SMILES string of the molecule is O=C(CSc1ncccc1C(=O)O)Nc1nc(-c2ccc(F)cc2)cs1. The van der Waals surface area contributed by atoms with Crippen LogP contribution in [0.25, 0.3) is 11.3 Å². The lowest BCUT2D eigenvalue weighted by Crippen LogP contribution is -2.14. The smallest absolute Gasteiger partial charge is 0.338 e. The maximum Gasteiger partial charge on any atom is 0.338 e. The molecule has 1 amide bonds. The summed E-state index contributed by atoms with van der Waals surface area (Å²) in [5.74, 6) is -1.74. The Morgan fingerprint density at radius 3 is 2.73 bits per heavy atom. The van der Waals surface area contributed by atoms with Crippen molar-refractivity contribution in [3.8, 4) is 11.3 Å². The first-order valence-electron chi connectivity index (χ1n) is 7.35. The summed E-state index contributed by atoms with van der Waals surface area (Å²) in [6, 6.07) is 8.87. The number of hydrogen-bond acceptors (Lipinski definition) is 6. The minimum absolute atomic E-state index is 0.00273. The molecule has 0 aliphatic heterocycles. The number of thioether (sulfide) groups is 1. The van der Waals surface area contributed by atoms with Crippen molar-refractivity contribution >= 4 is 40.1 Å². The lowest BCUT2D eigenvalue weighted by molar-refractivity contribution is -0.113. The quantitative estimate of drug-likeness (QED) is 0.624. The minimum atomic E-state index is -1.09. The first-order valence-corrected chi connectivity index (χ1v) is 9.22. The molecule has 0 aliphatic carbocycles. The molecule has 2 heterocycles. The molecule has 0 saturated heterocycles. The van der Waals surface area contributed by atoms with Gasteiger partial charge in [-0.05, 0) is 36.4 Å². The largest absolute Gasteiger partial charge is 0.478 e. The van der Waals surface area contributed by atoms with E-state index in [1.165, 1.54) is 41.8 Å². The molecule has 0 aliphatic rings. The topological polar surface area (TPSA) is 92.2 Å². The normalized spacial score (nSPS) is 10.5. The van der Waals surface area contributed by atoms with Gasteiger partial charge in [0.05, 0.1) is 17.0 Å². The van der Waals surface area contributed by atoms with Gasteiger partial charge in [-0.15, -0.1) is 11.3 Å². The number of hydrogen-bond donors (Lipinski definition) is 2. The number of carbonyl (C=O) groups excluding carboxylic acids is 1. The first kappa shape index (κ1) is 18.0. The molecule has 0 radical (unpaired) electrons. The van der Waals surface area contributed by atoms with E-state index in [9.17, 15) is 14.0 Å². The van der Waals surface area contributed by atoms with Crippen LogP contribution in [0.4, 0.5) is 9.52 Å². The van der Waals surface area contributed by atoms with Crippen LogP contribution in [0.3, 0.4) is 0 Å². The number of aromatic nitrogens is 2. The summed E-state index contributed by atoms with van der Waals surface area (Å²) < 4.78 is 13.0. The summed E-state index contributed by atoms with van der Waals surface area (Å²) in [4.78, 5) is 31.5. The molecule has 0 bridgehead atoms. The number of benzene rings is 1. The summed E-state index contributed by atoms with van der Waals surface area (Å²) in [5, 5.41) is 14.2. The number of anilines is 1. The predicted molar refractivity (Wildman–Crippen MR) is 98.1 cm³/mol. The number of carboxylic acid groups (broad SMARTS) is 1. The molecule has 1 aromatic carbocycles. The molecule has 0 spiro atoms. The maximum absolute atomic E-state index is 13.0. The average Bonchev–Trinajstić information content (AvgIpc) is 3.09. The number of thiazole rings is 1. The van der Waals surface area contributed by atoms with Crippen LogP contribution in [0.2, 0.25) is 0 Å². The number of halogens is 1. The van der Waals surface area contributed by atoms with Crippen molar-refractivity contribution in [2.24, 2.45) is 0 Å². The number of carboxylic acids is 1. The van der Waals surface area contributed by atoms with Crippen molar-refractivity contribution in [3.05, 3.63) is 59.4 Å². The summed E-state index contributed by atoms with van der Waals surface area (Å²) in [6.45, 7) is 0. The highest BCUT2D eigenvalue weighted by molar-refractivity contribution is 8.00. The lowest BCUT2D eigenvalue weighted by atomic mass is 10.2. The maximum atomic E-state index is 13.0. The number of pyridine rings is 1. The average molecular weight is 389 g/mol. The van der Waals surface area contributed by atoms with Gasteiger partial charge in [0, 0.05) is 17.1 Å². The fourth-order valence-corrected chi connectivity index (χ4v) is 3.56. The Morgan fingerprint density at radius 2 is 2.00 bits per heavy atom. The van der Waals surface area contributed by atoms with Gasteiger partial charge >= 0.3 is 5.97 Å². The molecule has 2 N–H and O–H groups in total. The molecule has 0 fully saturated rings. The zero-order valence-corrected chi connectivity index (χ0v) is 14.8. The number of carbonyl (C=O) groups is 2. The zero-order valence-electron chi connectivity index (χ0n) is 13.2. The fourth-order valence-electron chi connectivity index (χ4n) is 2.04. The second-order valence-corrected chi connectivity index (χ2v) is 6.87. The Labute approximate surface area is 156 Å². The Morgan fingerprint density at radius 1 is 1.23 bits per heavy atom. The van der Waals surface area contributed by atoms with E-state index in [1.807, 2.05) is 0 Å². The van der Waals surface area contributed by atoms with Crippen molar-refractivity contribution in [2.75, 3.05) is 11.1 Å². The van der Waals surface area contributed by atoms with Gasteiger partial charge in [0.1, 0.15) is 10.8 Å². The van der Waals surface area contributed by atoms with Crippen LogP contribution in [0, 0.1) is 5.82 Å². The molecule has 0 saturated carbocycles. The Hall–Kier alpha value is -2.78. The van der Waals surface area contributed by atoms with E-state index >= 15 is 0 Å². The van der Waals surface area contributed by atoms with Gasteiger partial charge in [-0.3, -0.25) is 4.79 Å². The number of nitrogens with zero attached hydrogens (tertiary/aromatic N) is 2. The van der Waals surface area contributed by atoms with Crippen molar-refractivity contribution in [1.82, 2.24) is 9.97 Å². The zero-order chi connectivity index (χ0) is 18.5. The molecule has 0 unspecified atom stereocenters. The highest BCUT2D eigenvalue weighted by atomic mass is 32.2. The number of aromatic carboxylic acids is 1. The highest BCUT2D eigenvalue weighted by Gasteiger charge is 2.14. The van der Waals surface area contributed by atoms with E-state index in [1.54, 1.807) is 17.5 Å². The van der Waals surface area contributed by atoms with Gasteiger partial charge < -0.3 is 10.4 Å². The van der Waals surface area contributed by atoms with E-state index in [0.717, 1.165) is 17.3 Å². The second kappa shape index (κ2) is 8.07. The van der Waals surface area contributed by atoms with Gasteiger partial charge in [-0.25, -0.2) is 19.2 Å². The van der Waals surface area contributed by atoms with E-state index < -0.39 is 5.97 Å². The van der Waals surface area contributed by atoms with Crippen LogP contribution >= 0.6 is 23.1 Å². The third kappa shape index (κ3) is 4.44. The lowest BCUT2D eigenvalue weighted by Gasteiger charge is -2.04. The molecule has 26 heavy (non-hydrogen) atoms. The third-order valence-corrected chi connectivity index (χ3v) is 5.00. The molecule has 6 nitrogen and oxygen atoms in total. The molecular formula is C17H12FN3O3S2. The van der Waals surface area contributed by atoms with Crippen LogP contribution in [-0.4, -0.2) is 32.7 Å². The van der Waals surface area contributed by atoms with Gasteiger partial charge in [-0.1, -0.05) is 11.8 Å². The Kier molecular flexibility index (Phi) is 5.59. The molecule has 9 heteroatoms. The van der Waals surface area contributed by atoms with Crippen LogP contribution in [0.5, 0.6) is 0 Å². The number of rotatable bonds is 6. The minimum Gasteiger partial charge on any atom is -0.478 e. The number of nitrogens with one attached hydrogen (secondary N) is 1. The highest BCUT2D eigenvalue weighted by Crippen LogP contribution is 2.26. The van der Waals surface area contributed by atoms with Gasteiger partial charge in [0.2, 0.25) is 5.91 Å². The summed E-state index contributed by atoms with van der Waals surface area (Å²) in [6.07, 6.45) is 1.47. The van der Waals surface area contributed by atoms with Crippen LogP contribution in [-0.2, 0) is 4.79 Å². The van der Waals surface area contributed by atoms with E-state index in [0.29, 0.717) is 10.8 Å². The van der Waals surface area contributed by atoms with Crippen molar-refractivity contribution < 1.29 is 19.1 Å². The monoisotopic (exact) mass is 389 g/mol. The van der Waals surface area contributed by atoms with Crippen LogP contribution in [0.1, 0.15) is 10.4 Å². The Balaban J connectivity index is 1.61. The standard InChI is InChI=1S/C17H12FN3O3S2/c18-11-5-3-10(4-6-11)13-8-26-17(20-13)21-14(22)9-25-15-12(16(23)24)2-1-7-19-15/h1-8H,9H2,(H,23,24)(H,20,21,22). The van der Waals surface area contributed by atoms with Crippen molar-refractivity contribution in [1.29, 1.82) is 0 Å². The van der Waals surface area contributed by atoms with Crippen molar-refractivity contribution in [3.63, 3.8) is 0 Å². The molecule has 0 atom stereocenters. The molecular weight excluding hydrogens is 377 g/mol. The second-order valence-electron chi connectivity index (χ2n) is 5.04. The van der Waals surface area contributed by atoms with Crippen LogP contribution in [0.15, 0.2) is 53.0 Å². The van der Waals surface area contributed by atoms with E-state index in [-0.39, 0.29) is 28.1 Å². The Bertz CT molecular complexity index is 944. The molecule has 132 valence electrons. The van der Waals surface area contributed by atoms with Gasteiger partial charge in [-0.2, -0.15) is 0 Å². The van der Waals surface area contributed by atoms with E-state index in [2.05, 4.69) is 15.3 Å². The number of amides is 1. The fraction of sp³-hybridized carbons (Fsp3) is 0.0588. The van der Waals surface area contributed by atoms with Gasteiger partial charge in [0.15, 0.2) is 5.13 Å². The van der Waals surface area contributed by atoms with Crippen LogP contribution < -0.4 is 5.32 Å². The molecule has 3 rings (SSSR count). The van der Waals surface area contributed by atoms with E-state index in [4.69, 9.17) is 5.11 Å². The van der Waals surface area contributed by atoms with Crippen molar-refractivity contribution in [2.45, 2.75) is 5.03 Å². The summed E-state index contributed by atoms with van der Waals surface area (Å²) >= 11 is 2.29. The third-order valence-electron chi connectivity index (χ3n) is 3.23. The summed E-state index contributed by atoms with van der Waals surface area (Å²) in [5.41, 5.74) is 1.44. The molecule has 2 aromatic heterocycles. The predicted octanol–water partition coefficient (Wildman–Crippen LogP) is 3.77.